The molecule has 0 aliphatic heterocycles. The van der Waals surface area contributed by atoms with Gasteiger partial charge in [-0.2, -0.15) is 10.2 Å². The Morgan fingerprint density at radius 2 is 0.917 bits per heavy atom. The van der Waals surface area contributed by atoms with Crippen LogP contribution in [0.5, 0.6) is 0 Å². The number of amides is 2. The maximum Gasteiger partial charge on any atom is 0.303 e. The molecule has 0 fully saturated rings. The Balaban J connectivity index is 1.80. The molecule has 0 bridgehead atoms. The zero-order valence-corrected chi connectivity index (χ0v) is 19.9. The van der Waals surface area contributed by atoms with Gasteiger partial charge in [0.2, 0.25) is 11.8 Å². The van der Waals surface area contributed by atoms with Gasteiger partial charge < -0.3 is 10.2 Å². The number of carbonyl (C=O) groups excluding carboxylic acids is 2. The van der Waals surface area contributed by atoms with E-state index in [4.69, 9.17) is 10.2 Å². The van der Waals surface area contributed by atoms with Crippen molar-refractivity contribution in [2.75, 3.05) is 0 Å². The predicted molar refractivity (Wildman–Crippen MR) is 134 cm³/mol. The minimum Gasteiger partial charge on any atom is -0.481 e. The van der Waals surface area contributed by atoms with E-state index in [0.29, 0.717) is 24.3 Å². The van der Waals surface area contributed by atoms with Gasteiger partial charge in [0.05, 0.1) is 24.3 Å². The van der Waals surface area contributed by atoms with Gasteiger partial charge in [0.25, 0.3) is 0 Å². The fourth-order valence-corrected chi connectivity index (χ4v) is 3.18. The van der Waals surface area contributed by atoms with Crippen molar-refractivity contribution >= 4 is 35.2 Å². The summed E-state index contributed by atoms with van der Waals surface area (Å²) >= 11 is 0. The molecule has 2 aromatic rings. The highest BCUT2D eigenvalue weighted by Gasteiger charge is 2.10. The fraction of sp³-hybridized carbons (Fsp3) is 0.308. The summed E-state index contributed by atoms with van der Waals surface area (Å²) < 4.78 is 0. The fourth-order valence-electron chi connectivity index (χ4n) is 3.18. The molecule has 0 atom stereocenters. The van der Waals surface area contributed by atoms with Crippen LogP contribution in [0.2, 0.25) is 0 Å². The van der Waals surface area contributed by atoms with Crippen LogP contribution < -0.4 is 10.9 Å². The molecule has 0 heterocycles. The second-order valence-corrected chi connectivity index (χ2v) is 7.91. The molecule has 0 aromatic heterocycles. The Hall–Kier alpha value is -4.34. The molecule has 0 aliphatic carbocycles. The zero-order valence-electron chi connectivity index (χ0n) is 19.9. The van der Waals surface area contributed by atoms with Crippen molar-refractivity contribution in [3.8, 4) is 0 Å². The molecular weight excluding hydrogens is 464 g/mol. The van der Waals surface area contributed by atoms with Crippen molar-refractivity contribution in [2.45, 2.75) is 51.4 Å². The highest BCUT2D eigenvalue weighted by molar-refractivity contribution is 6.02. The normalized spacial score (nSPS) is 11.6. The van der Waals surface area contributed by atoms with Gasteiger partial charge in [-0.1, -0.05) is 60.7 Å². The Morgan fingerprint density at radius 3 is 1.25 bits per heavy atom. The van der Waals surface area contributed by atoms with Gasteiger partial charge in [0.1, 0.15) is 0 Å². The van der Waals surface area contributed by atoms with Gasteiger partial charge in [-0.3, -0.25) is 19.2 Å². The molecule has 2 aromatic carbocycles. The quantitative estimate of drug-likeness (QED) is 0.169. The molecule has 10 nitrogen and oxygen atoms in total. The van der Waals surface area contributed by atoms with Crippen LogP contribution in [0.1, 0.15) is 62.5 Å². The lowest BCUT2D eigenvalue weighted by Gasteiger charge is -2.07. The number of hydrogen-bond acceptors (Lipinski definition) is 6. The minimum atomic E-state index is -0.953. The summed E-state index contributed by atoms with van der Waals surface area (Å²) in [6.45, 7) is 0. The first-order chi connectivity index (χ1) is 17.3. The topological polar surface area (TPSA) is 158 Å². The molecule has 2 rings (SSSR count). The van der Waals surface area contributed by atoms with E-state index < -0.39 is 11.9 Å². The maximum absolute atomic E-state index is 12.2. The standard InChI is InChI=1S/C26H30N4O6/c31-23(29-27-21(15-17-25(33)34)19-9-3-1-4-10-19)13-7-8-14-24(32)30-28-22(16-18-26(35)36)20-11-5-2-6-12-20/h1-6,9-12H,7-8,13-18H2,(H,29,31)(H,30,32)(H,33,34)(H,35,36)/b27-21+,28-22+. The number of hydrogen-bond donors (Lipinski definition) is 4. The van der Waals surface area contributed by atoms with Crippen LogP contribution in [0.15, 0.2) is 70.9 Å². The van der Waals surface area contributed by atoms with Crippen LogP contribution in [0.25, 0.3) is 0 Å². The number of carboxylic acids is 2. The lowest BCUT2D eigenvalue weighted by molar-refractivity contribution is -0.137. The summed E-state index contributed by atoms with van der Waals surface area (Å²) in [5, 5.41) is 26.1. The molecule has 0 unspecified atom stereocenters. The van der Waals surface area contributed by atoms with Crippen molar-refractivity contribution in [3.63, 3.8) is 0 Å². The third kappa shape index (κ3) is 11.2. The second kappa shape index (κ2) is 15.5. The Morgan fingerprint density at radius 1 is 0.556 bits per heavy atom. The van der Waals surface area contributed by atoms with Crippen molar-refractivity contribution < 1.29 is 29.4 Å². The van der Waals surface area contributed by atoms with E-state index in [1.54, 1.807) is 48.5 Å². The first-order valence-corrected chi connectivity index (χ1v) is 11.6. The largest absolute Gasteiger partial charge is 0.481 e. The van der Waals surface area contributed by atoms with E-state index in [0.717, 1.165) is 11.1 Å². The van der Waals surface area contributed by atoms with E-state index in [2.05, 4.69) is 21.1 Å². The van der Waals surface area contributed by atoms with E-state index in [1.807, 2.05) is 12.1 Å². The summed E-state index contributed by atoms with van der Waals surface area (Å²) in [5.41, 5.74) is 7.33. The predicted octanol–water partition coefficient (Wildman–Crippen LogP) is 3.32. The van der Waals surface area contributed by atoms with Gasteiger partial charge in [-0.15, -0.1) is 0 Å². The third-order valence-corrected chi connectivity index (χ3v) is 5.05. The van der Waals surface area contributed by atoms with Crippen LogP contribution in [0.4, 0.5) is 0 Å². The van der Waals surface area contributed by atoms with Gasteiger partial charge in [0, 0.05) is 25.7 Å². The van der Waals surface area contributed by atoms with Gasteiger partial charge >= 0.3 is 11.9 Å². The molecule has 0 spiro atoms. The Bertz CT molecular complexity index is 997. The molecule has 0 saturated carbocycles. The third-order valence-electron chi connectivity index (χ3n) is 5.05. The summed E-state index contributed by atoms with van der Waals surface area (Å²) in [6, 6.07) is 18.0. The van der Waals surface area contributed by atoms with Crippen LogP contribution >= 0.6 is 0 Å². The lowest BCUT2D eigenvalue weighted by Crippen LogP contribution is -2.21. The summed E-state index contributed by atoms with van der Waals surface area (Å²) in [5.74, 6) is -2.58. The summed E-state index contributed by atoms with van der Waals surface area (Å²) in [6.07, 6.45) is 1.32. The Labute approximate surface area is 209 Å². The van der Waals surface area contributed by atoms with E-state index >= 15 is 0 Å². The molecule has 10 heteroatoms. The number of nitrogens with zero attached hydrogens (tertiary/aromatic N) is 2. The van der Waals surface area contributed by atoms with Crippen LogP contribution in [0.3, 0.4) is 0 Å². The number of carboxylic acid groups (broad SMARTS) is 2. The first-order valence-electron chi connectivity index (χ1n) is 11.6. The first kappa shape index (κ1) is 27.9. The number of carbonyl (C=O) groups is 4. The summed E-state index contributed by atoms with van der Waals surface area (Å²) in [7, 11) is 0. The molecule has 36 heavy (non-hydrogen) atoms. The van der Waals surface area contributed by atoms with Gasteiger partial charge in [0.15, 0.2) is 0 Å². The average molecular weight is 495 g/mol. The zero-order chi connectivity index (χ0) is 26.2. The Kier molecular flexibility index (Phi) is 12.0. The number of unbranched alkanes of at least 4 members (excludes halogenated alkanes) is 1. The van der Waals surface area contributed by atoms with Crippen LogP contribution in [-0.4, -0.2) is 45.4 Å². The smallest absolute Gasteiger partial charge is 0.303 e. The second-order valence-electron chi connectivity index (χ2n) is 7.91. The molecular formula is C26H30N4O6. The summed E-state index contributed by atoms with van der Waals surface area (Å²) in [4.78, 5) is 46.1. The number of benzene rings is 2. The molecule has 0 radical (unpaired) electrons. The number of hydrazone groups is 2. The van der Waals surface area contributed by atoms with Crippen LogP contribution in [-0.2, 0) is 19.2 Å². The van der Waals surface area contributed by atoms with Crippen molar-refractivity contribution in [2.24, 2.45) is 10.2 Å². The number of rotatable bonds is 15. The van der Waals surface area contributed by atoms with Crippen LogP contribution in [0, 0.1) is 0 Å². The molecule has 0 saturated heterocycles. The number of aliphatic carboxylic acids is 2. The van der Waals surface area contributed by atoms with Gasteiger partial charge in [-0.25, -0.2) is 10.9 Å². The van der Waals surface area contributed by atoms with E-state index in [1.165, 1.54) is 0 Å². The highest BCUT2D eigenvalue weighted by atomic mass is 16.4. The van der Waals surface area contributed by atoms with E-state index in [-0.39, 0.29) is 50.3 Å². The lowest BCUT2D eigenvalue weighted by atomic mass is 10.1. The monoisotopic (exact) mass is 494 g/mol. The van der Waals surface area contributed by atoms with Crippen molar-refractivity contribution in [1.29, 1.82) is 0 Å². The molecule has 2 amide bonds. The maximum atomic E-state index is 12.2. The van der Waals surface area contributed by atoms with Gasteiger partial charge in [-0.05, 0) is 24.0 Å². The SMILES string of the molecule is O=C(O)CC/C(=N\NC(=O)CCCCC(=O)N/N=C(\CCC(=O)O)c1ccccc1)c1ccccc1. The molecule has 0 aliphatic rings. The number of nitrogens with one attached hydrogen (secondary N) is 2. The average Bonchev–Trinajstić information content (AvgIpc) is 2.87. The highest BCUT2D eigenvalue weighted by Crippen LogP contribution is 2.08. The van der Waals surface area contributed by atoms with Crippen molar-refractivity contribution in [1.82, 2.24) is 10.9 Å². The van der Waals surface area contributed by atoms with E-state index in [9.17, 15) is 19.2 Å². The molecule has 190 valence electrons. The van der Waals surface area contributed by atoms with Crippen molar-refractivity contribution in [3.05, 3.63) is 71.8 Å². The minimum absolute atomic E-state index is 0.108. The molecule has 4 N–H and O–H groups in total.